The Morgan fingerprint density at radius 1 is 0.967 bits per heavy atom. The summed E-state index contributed by atoms with van der Waals surface area (Å²) in [5, 5.41) is 3.64. The van der Waals surface area contributed by atoms with E-state index in [0.717, 1.165) is 76.7 Å². The smallest absolute Gasteiger partial charge is 0.193 e. The van der Waals surface area contributed by atoms with Crippen LogP contribution in [0.2, 0.25) is 0 Å². The summed E-state index contributed by atoms with van der Waals surface area (Å²) in [7, 11) is 3.68. The number of rotatable bonds is 9. The number of ether oxygens (including phenoxy) is 2. The molecule has 2 saturated heterocycles. The number of para-hydroxylation sites is 1. The van der Waals surface area contributed by atoms with Gasteiger partial charge in [-0.05, 0) is 44.0 Å². The summed E-state index contributed by atoms with van der Waals surface area (Å²) in [5.41, 5.74) is 0. The van der Waals surface area contributed by atoms with Gasteiger partial charge in [-0.25, -0.2) is 0 Å². The average molecular weight is 418 g/mol. The van der Waals surface area contributed by atoms with Crippen molar-refractivity contribution >= 4 is 5.96 Å². The molecule has 0 bridgehead atoms. The number of nitrogens with zero attached hydrogens (tertiary/aromatic N) is 4. The second kappa shape index (κ2) is 12.8. The van der Waals surface area contributed by atoms with Gasteiger partial charge in [0, 0.05) is 60.0 Å². The van der Waals surface area contributed by atoms with Crippen LogP contribution in [0, 0.1) is 5.92 Å². The molecule has 7 nitrogen and oxygen atoms in total. The molecule has 30 heavy (non-hydrogen) atoms. The quantitative estimate of drug-likeness (QED) is 0.487. The van der Waals surface area contributed by atoms with Crippen LogP contribution < -0.4 is 10.1 Å². The third-order valence-corrected chi connectivity index (χ3v) is 6.17. The molecule has 168 valence electrons. The van der Waals surface area contributed by atoms with E-state index in [9.17, 15) is 0 Å². The first-order valence-corrected chi connectivity index (χ1v) is 11.4. The highest BCUT2D eigenvalue weighted by molar-refractivity contribution is 5.80. The summed E-state index contributed by atoms with van der Waals surface area (Å²) in [6, 6.07) is 10.1. The number of hydrogen-bond donors (Lipinski definition) is 1. The second-order valence-corrected chi connectivity index (χ2v) is 8.20. The molecular weight excluding hydrogens is 378 g/mol. The van der Waals surface area contributed by atoms with E-state index in [1.165, 1.54) is 25.9 Å². The second-order valence-electron chi connectivity index (χ2n) is 8.20. The van der Waals surface area contributed by atoms with Crippen molar-refractivity contribution in [3.05, 3.63) is 30.3 Å². The maximum Gasteiger partial charge on any atom is 0.193 e. The van der Waals surface area contributed by atoms with Gasteiger partial charge < -0.3 is 24.6 Å². The van der Waals surface area contributed by atoms with Gasteiger partial charge in [0.25, 0.3) is 0 Å². The van der Waals surface area contributed by atoms with Crippen LogP contribution >= 0.6 is 0 Å². The molecule has 0 amide bonds. The number of nitrogens with one attached hydrogen (secondary N) is 1. The van der Waals surface area contributed by atoms with Gasteiger partial charge in [0.1, 0.15) is 12.4 Å². The Kier molecular flexibility index (Phi) is 9.73. The maximum atomic E-state index is 5.84. The van der Waals surface area contributed by atoms with Crippen molar-refractivity contribution in [2.75, 3.05) is 86.3 Å². The fourth-order valence-electron chi connectivity index (χ4n) is 4.20. The molecule has 3 rings (SSSR count). The van der Waals surface area contributed by atoms with E-state index in [4.69, 9.17) is 9.47 Å². The molecule has 2 heterocycles. The van der Waals surface area contributed by atoms with Crippen molar-refractivity contribution < 1.29 is 9.47 Å². The number of hydrogen-bond acceptors (Lipinski definition) is 5. The van der Waals surface area contributed by atoms with Crippen LogP contribution in [-0.4, -0.2) is 107 Å². The predicted molar refractivity (Wildman–Crippen MR) is 122 cm³/mol. The minimum atomic E-state index is 0.733. The van der Waals surface area contributed by atoms with Crippen molar-refractivity contribution in [3.8, 4) is 5.75 Å². The Hall–Kier alpha value is -1.83. The lowest BCUT2D eigenvalue weighted by Crippen LogP contribution is -2.53. The number of benzene rings is 1. The number of guanidine groups is 1. The third kappa shape index (κ3) is 7.45. The summed E-state index contributed by atoms with van der Waals surface area (Å²) in [4.78, 5) is 11.9. The minimum Gasteiger partial charge on any atom is -0.492 e. The van der Waals surface area contributed by atoms with E-state index < -0.39 is 0 Å². The monoisotopic (exact) mass is 417 g/mol. The maximum absolute atomic E-state index is 5.84. The minimum absolute atomic E-state index is 0.733. The molecule has 7 heteroatoms. The molecule has 0 radical (unpaired) electrons. The largest absolute Gasteiger partial charge is 0.492 e. The van der Waals surface area contributed by atoms with Gasteiger partial charge in [0.2, 0.25) is 0 Å². The molecule has 1 aromatic rings. The lowest BCUT2D eigenvalue weighted by atomic mass is 9.97. The number of methoxy groups -OCH3 is 1. The third-order valence-electron chi connectivity index (χ3n) is 6.17. The van der Waals surface area contributed by atoms with Crippen LogP contribution in [0.25, 0.3) is 0 Å². The predicted octanol–water partition coefficient (Wildman–Crippen LogP) is 1.62. The summed E-state index contributed by atoms with van der Waals surface area (Å²) >= 11 is 0. The van der Waals surface area contributed by atoms with Crippen LogP contribution in [0.4, 0.5) is 0 Å². The highest BCUT2D eigenvalue weighted by Crippen LogP contribution is 2.16. The average Bonchev–Trinajstić information content (AvgIpc) is 2.80. The number of likely N-dealkylation sites (tertiary alicyclic amines) is 1. The van der Waals surface area contributed by atoms with Gasteiger partial charge in [0.05, 0.1) is 6.61 Å². The van der Waals surface area contributed by atoms with Crippen LogP contribution in [0.15, 0.2) is 35.3 Å². The Labute approximate surface area is 182 Å². The molecule has 0 aromatic heterocycles. The number of piperidine rings is 1. The van der Waals surface area contributed by atoms with Gasteiger partial charge in [-0.15, -0.1) is 0 Å². The van der Waals surface area contributed by atoms with Crippen molar-refractivity contribution in [2.24, 2.45) is 10.9 Å². The van der Waals surface area contributed by atoms with E-state index in [0.29, 0.717) is 0 Å². The summed E-state index contributed by atoms with van der Waals surface area (Å²) in [6.45, 7) is 11.1. The lowest BCUT2D eigenvalue weighted by molar-refractivity contribution is 0.120. The first-order chi connectivity index (χ1) is 14.8. The molecule has 0 unspecified atom stereocenters. The Morgan fingerprint density at radius 2 is 1.63 bits per heavy atom. The van der Waals surface area contributed by atoms with Gasteiger partial charge in [-0.1, -0.05) is 18.2 Å². The van der Waals surface area contributed by atoms with E-state index in [1.54, 1.807) is 7.11 Å². The zero-order chi connectivity index (χ0) is 21.0. The summed E-state index contributed by atoms with van der Waals surface area (Å²) < 4.78 is 11.0. The molecule has 2 fully saturated rings. The highest BCUT2D eigenvalue weighted by atomic mass is 16.5. The van der Waals surface area contributed by atoms with E-state index in [1.807, 2.05) is 37.4 Å². The normalized spacial score (nSPS) is 19.8. The fourth-order valence-corrected chi connectivity index (χ4v) is 4.20. The fraction of sp³-hybridized carbons (Fsp3) is 0.696. The first kappa shape index (κ1) is 22.8. The molecule has 0 spiro atoms. The van der Waals surface area contributed by atoms with Crippen molar-refractivity contribution in [1.82, 2.24) is 20.0 Å². The van der Waals surface area contributed by atoms with Crippen molar-refractivity contribution in [1.29, 1.82) is 0 Å². The lowest BCUT2D eigenvalue weighted by Gasteiger charge is -2.37. The van der Waals surface area contributed by atoms with Crippen molar-refractivity contribution in [2.45, 2.75) is 12.8 Å². The zero-order valence-electron chi connectivity index (χ0n) is 18.8. The zero-order valence-corrected chi connectivity index (χ0v) is 18.8. The molecule has 1 aromatic carbocycles. The van der Waals surface area contributed by atoms with Crippen LogP contribution in [0.1, 0.15) is 12.8 Å². The van der Waals surface area contributed by atoms with E-state index in [2.05, 4.69) is 25.0 Å². The first-order valence-electron chi connectivity index (χ1n) is 11.4. The Bertz CT molecular complexity index is 611. The SMILES string of the molecule is CN=C(NCC1CCN(CCOC)CC1)N1CCN(CCOc2ccccc2)CC1. The molecular formula is C23H39N5O2. The molecule has 0 aliphatic carbocycles. The van der Waals surface area contributed by atoms with Crippen LogP contribution in [0.5, 0.6) is 5.75 Å². The Morgan fingerprint density at radius 3 is 2.30 bits per heavy atom. The van der Waals surface area contributed by atoms with Gasteiger partial charge in [-0.3, -0.25) is 9.89 Å². The van der Waals surface area contributed by atoms with E-state index in [-0.39, 0.29) is 0 Å². The molecule has 0 atom stereocenters. The topological polar surface area (TPSA) is 52.6 Å². The van der Waals surface area contributed by atoms with Gasteiger partial charge in [0.15, 0.2) is 5.96 Å². The van der Waals surface area contributed by atoms with Gasteiger partial charge >= 0.3 is 0 Å². The standard InChI is InChI=1S/C23H39N5O2/c1-24-23(25-20-21-8-10-26(11-9-21)16-18-29-2)28-14-12-27(13-15-28)17-19-30-22-6-4-3-5-7-22/h3-7,21H,8-20H2,1-2H3,(H,24,25). The molecule has 2 aliphatic heterocycles. The molecule has 1 N–H and O–H groups in total. The molecule has 2 aliphatic rings. The van der Waals surface area contributed by atoms with Crippen molar-refractivity contribution in [3.63, 3.8) is 0 Å². The van der Waals surface area contributed by atoms with Crippen LogP contribution in [0.3, 0.4) is 0 Å². The highest BCUT2D eigenvalue weighted by Gasteiger charge is 2.22. The van der Waals surface area contributed by atoms with Crippen LogP contribution in [-0.2, 0) is 4.74 Å². The summed E-state index contributed by atoms with van der Waals surface area (Å²) in [5.74, 6) is 2.74. The molecule has 0 saturated carbocycles. The number of piperazine rings is 1. The number of aliphatic imine (C=N–C) groups is 1. The Balaban J connectivity index is 1.30. The van der Waals surface area contributed by atoms with Gasteiger partial charge in [-0.2, -0.15) is 0 Å². The van der Waals surface area contributed by atoms with E-state index >= 15 is 0 Å². The summed E-state index contributed by atoms with van der Waals surface area (Å²) in [6.07, 6.45) is 2.51.